The molecule has 0 aliphatic rings. The molecule has 1 aromatic heterocycles. The Kier molecular flexibility index (Phi) is 3.55. The standard InChI is InChI=1S/C11H13NO.ClH/c1-8(12)7-10-4-2-3-9-5-6-13-11(9)10;/h2-6,8H,7,12H2,1H3;1H. The van der Waals surface area contributed by atoms with Gasteiger partial charge in [0.25, 0.3) is 0 Å². The molecular formula is C11H14ClNO. The Morgan fingerprint density at radius 3 is 2.86 bits per heavy atom. The zero-order valence-corrected chi connectivity index (χ0v) is 8.88. The van der Waals surface area contributed by atoms with Crippen LogP contribution in [-0.2, 0) is 6.42 Å². The Morgan fingerprint density at radius 2 is 2.14 bits per heavy atom. The first kappa shape index (κ1) is 11.1. The minimum atomic E-state index is 0. The predicted octanol–water partition coefficient (Wildman–Crippen LogP) is 2.74. The van der Waals surface area contributed by atoms with Crippen LogP contribution in [0.4, 0.5) is 0 Å². The van der Waals surface area contributed by atoms with Crippen molar-refractivity contribution in [2.75, 3.05) is 0 Å². The Balaban J connectivity index is 0.000000980. The van der Waals surface area contributed by atoms with Gasteiger partial charge >= 0.3 is 0 Å². The summed E-state index contributed by atoms with van der Waals surface area (Å²) >= 11 is 0. The number of hydrogen-bond donors (Lipinski definition) is 1. The van der Waals surface area contributed by atoms with Crippen LogP contribution >= 0.6 is 12.4 Å². The third-order valence-corrected chi connectivity index (χ3v) is 2.10. The van der Waals surface area contributed by atoms with Crippen molar-refractivity contribution >= 4 is 23.4 Å². The maximum atomic E-state index is 5.74. The van der Waals surface area contributed by atoms with Gasteiger partial charge in [-0.15, -0.1) is 12.4 Å². The fraction of sp³-hybridized carbons (Fsp3) is 0.273. The fourth-order valence-electron chi connectivity index (χ4n) is 1.56. The van der Waals surface area contributed by atoms with E-state index in [-0.39, 0.29) is 18.4 Å². The molecular weight excluding hydrogens is 198 g/mol. The SMILES string of the molecule is CC(N)Cc1cccc2ccoc12.Cl. The summed E-state index contributed by atoms with van der Waals surface area (Å²) < 4.78 is 5.39. The van der Waals surface area contributed by atoms with Gasteiger partial charge in [0.15, 0.2) is 0 Å². The number of furan rings is 1. The molecule has 0 amide bonds. The lowest BCUT2D eigenvalue weighted by atomic mass is 10.1. The third-order valence-electron chi connectivity index (χ3n) is 2.10. The summed E-state index contributed by atoms with van der Waals surface area (Å²) in [4.78, 5) is 0. The van der Waals surface area contributed by atoms with Gasteiger partial charge in [0.05, 0.1) is 6.26 Å². The van der Waals surface area contributed by atoms with E-state index in [0.29, 0.717) is 0 Å². The highest BCUT2D eigenvalue weighted by Gasteiger charge is 2.05. The van der Waals surface area contributed by atoms with Gasteiger partial charge in [-0.3, -0.25) is 0 Å². The topological polar surface area (TPSA) is 39.2 Å². The van der Waals surface area contributed by atoms with Crippen LogP contribution in [0.5, 0.6) is 0 Å². The van der Waals surface area contributed by atoms with Crippen molar-refractivity contribution in [3.05, 3.63) is 36.1 Å². The highest BCUT2D eigenvalue weighted by molar-refractivity contribution is 5.85. The van der Waals surface area contributed by atoms with Gasteiger partial charge in [-0.25, -0.2) is 0 Å². The van der Waals surface area contributed by atoms with E-state index in [1.54, 1.807) is 6.26 Å². The van der Waals surface area contributed by atoms with Crippen molar-refractivity contribution in [3.63, 3.8) is 0 Å². The number of benzene rings is 1. The lowest BCUT2D eigenvalue weighted by Gasteiger charge is -2.04. The fourth-order valence-corrected chi connectivity index (χ4v) is 1.56. The summed E-state index contributed by atoms with van der Waals surface area (Å²) in [5, 5.41) is 1.15. The van der Waals surface area contributed by atoms with Crippen molar-refractivity contribution in [1.82, 2.24) is 0 Å². The average Bonchev–Trinajstić information content (AvgIpc) is 2.51. The van der Waals surface area contributed by atoms with Crippen LogP contribution < -0.4 is 5.73 Å². The monoisotopic (exact) mass is 211 g/mol. The third kappa shape index (κ3) is 2.08. The first-order valence-corrected chi connectivity index (χ1v) is 4.48. The molecule has 0 aliphatic carbocycles. The molecule has 1 heterocycles. The maximum absolute atomic E-state index is 5.74. The molecule has 0 saturated heterocycles. The van der Waals surface area contributed by atoms with Gasteiger partial charge in [0, 0.05) is 11.4 Å². The van der Waals surface area contributed by atoms with Gasteiger partial charge in [0.2, 0.25) is 0 Å². The number of halogens is 1. The largest absolute Gasteiger partial charge is 0.464 e. The zero-order valence-electron chi connectivity index (χ0n) is 8.07. The Morgan fingerprint density at radius 1 is 1.36 bits per heavy atom. The number of hydrogen-bond acceptors (Lipinski definition) is 2. The number of rotatable bonds is 2. The van der Waals surface area contributed by atoms with Gasteiger partial charge in [-0.05, 0) is 25.0 Å². The smallest absolute Gasteiger partial charge is 0.137 e. The molecule has 3 heteroatoms. The Bertz CT molecular complexity index is 408. The Hall–Kier alpha value is -0.990. The molecule has 2 aromatic rings. The average molecular weight is 212 g/mol. The molecule has 2 N–H and O–H groups in total. The van der Waals surface area contributed by atoms with Gasteiger partial charge in [-0.2, -0.15) is 0 Å². The van der Waals surface area contributed by atoms with E-state index in [1.807, 2.05) is 25.1 Å². The van der Waals surface area contributed by atoms with E-state index in [4.69, 9.17) is 10.2 Å². The number of nitrogens with two attached hydrogens (primary N) is 1. The van der Waals surface area contributed by atoms with Crippen molar-refractivity contribution in [2.45, 2.75) is 19.4 Å². The van der Waals surface area contributed by atoms with Crippen molar-refractivity contribution in [3.8, 4) is 0 Å². The van der Waals surface area contributed by atoms with Crippen LogP contribution in [0.15, 0.2) is 34.9 Å². The van der Waals surface area contributed by atoms with E-state index in [0.717, 1.165) is 17.4 Å². The quantitative estimate of drug-likeness (QED) is 0.830. The highest BCUT2D eigenvalue weighted by atomic mass is 35.5. The molecule has 1 atom stereocenters. The van der Waals surface area contributed by atoms with Crippen LogP contribution in [0.3, 0.4) is 0 Å². The van der Waals surface area contributed by atoms with Crippen molar-refractivity contribution < 1.29 is 4.42 Å². The van der Waals surface area contributed by atoms with Crippen molar-refractivity contribution in [2.24, 2.45) is 5.73 Å². The molecule has 1 aromatic carbocycles. The van der Waals surface area contributed by atoms with Gasteiger partial charge in [0.1, 0.15) is 5.58 Å². The van der Waals surface area contributed by atoms with Crippen LogP contribution in [0.25, 0.3) is 11.0 Å². The maximum Gasteiger partial charge on any atom is 0.137 e. The van der Waals surface area contributed by atoms with E-state index in [1.165, 1.54) is 5.56 Å². The molecule has 0 aliphatic heterocycles. The first-order chi connectivity index (χ1) is 6.27. The summed E-state index contributed by atoms with van der Waals surface area (Å²) in [6, 6.07) is 8.30. The molecule has 2 nitrogen and oxygen atoms in total. The highest BCUT2D eigenvalue weighted by Crippen LogP contribution is 2.20. The lowest BCUT2D eigenvalue weighted by Crippen LogP contribution is -2.17. The summed E-state index contributed by atoms with van der Waals surface area (Å²) in [5.74, 6) is 0. The van der Waals surface area contributed by atoms with Crippen molar-refractivity contribution in [1.29, 1.82) is 0 Å². The molecule has 2 rings (SSSR count). The number of fused-ring (bicyclic) bond motifs is 1. The van der Waals surface area contributed by atoms with Crippen LogP contribution in [0, 0.1) is 0 Å². The molecule has 0 radical (unpaired) electrons. The molecule has 0 fully saturated rings. The summed E-state index contributed by atoms with van der Waals surface area (Å²) in [6.07, 6.45) is 2.58. The normalized spacial score (nSPS) is 12.4. The second kappa shape index (κ2) is 4.49. The molecule has 14 heavy (non-hydrogen) atoms. The Labute approximate surface area is 89.5 Å². The molecule has 0 bridgehead atoms. The zero-order chi connectivity index (χ0) is 9.26. The van der Waals surface area contributed by atoms with Crippen LogP contribution in [0.1, 0.15) is 12.5 Å². The summed E-state index contributed by atoms with van der Waals surface area (Å²) in [7, 11) is 0. The van der Waals surface area contributed by atoms with Gasteiger partial charge < -0.3 is 10.2 Å². The van der Waals surface area contributed by atoms with E-state index >= 15 is 0 Å². The molecule has 0 spiro atoms. The molecule has 0 saturated carbocycles. The lowest BCUT2D eigenvalue weighted by molar-refractivity contribution is 0.606. The summed E-state index contributed by atoms with van der Waals surface area (Å²) in [6.45, 7) is 2.00. The first-order valence-electron chi connectivity index (χ1n) is 4.48. The molecule has 1 unspecified atom stereocenters. The van der Waals surface area contributed by atoms with Crippen LogP contribution in [-0.4, -0.2) is 6.04 Å². The predicted molar refractivity (Wildman–Crippen MR) is 60.8 cm³/mol. The van der Waals surface area contributed by atoms with Crippen LogP contribution in [0.2, 0.25) is 0 Å². The number of para-hydroxylation sites is 1. The van der Waals surface area contributed by atoms with Gasteiger partial charge in [-0.1, -0.05) is 18.2 Å². The molecule has 76 valence electrons. The minimum absolute atomic E-state index is 0. The van der Waals surface area contributed by atoms with E-state index in [2.05, 4.69) is 6.07 Å². The minimum Gasteiger partial charge on any atom is -0.464 e. The van der Waals surface area contributed by atoms with E-state index in [9.17, 15) is 0 Å². The second-order valence-electron chi connectivity index (χ2n) is 3.44. The second-order valence-corrected chi connectivity index (χ2v) is 3.44. The van der Waals surface area contributed by atoms with E-state index < -0.39 is 0 Å². The summed E-state index contributed by atoms with van der Waals surface area (Å²) in [5.41, 5.74) is 7.91.